The zero-order chi connectivity index (χ0) is 15.6. The van der Waals surface area contributed by atoms with Crippen LogP contribution in [0.4, 0.5) is 11.4 Å². The van der Waals surface area contributed by atoms with Crippen LogP contribution in [-0.2, 0) is 11.3 Å². The lowest BCUT2D eigenvalue weighted by atomic mass is 10.0. The molecule has 0 aromatic heterocycles. The quantitative estimate of drug-likeness (QED) is 0.491. The van der Waals surface area contributed by atoms with E-state index in [1.165, 1.54) is 6.07 Å². The van der Waals surface area contributed by atoms with Crippen LogP contribution in [0.25, 0.3) is 0 Å². The van der Waals surface area contributed by atoms with Crippen LogP contribution >= 0.6 is 0 Å². The third-order valence-electron chi connectivity index (χ3n) is 3.45. The first-order valence-electron chi connectivity index (χ1n) is 6.84. The molecule has 1 saturated heterocycles. The van der Waals surface area contributed by atoms with Gasteiger partial charge in [0, 0.05) is 25.7 Å². The van der Waals surface area contributed by atoms with Gasteiger partial charge in [-0.3, -0.25) is 15.0 Å². The van der Waals surface area contributed by atoms with E-state index in [1.807, 2.05) is 13.8 Å². The summed E-state index contributed by atoms with van der Waals surface area (Å²) in [5.41, 5.74) is 6.38. The van der Waals surface area contributed by atoms with Gasteiger partial charge in [-0.25, -0.2) is 0 Å². The number of nitro groups is 1. The first kappa shape index (κ1) is 15.7. The number of nitro benzene ring substituents is 1. The van der Waals surface area contributed by atoms with Crippen LogP contribution in [0.1, 0.15) is 19.4 Å². The Morgan fingerprint density at radius 1 is 1.57 bits per heavy atom. The fourth-order valence-corrected chi connectivity index (χ4v) is 2.76. The van der Waals surface area contributed by atoms with Crippen LogP contribution in [0.15, 0.2) is 18.2 Å². The fraction of sp³-hybridized carbons (Fsp3) is 0.571. The molecule has 7 nitrogen and oxygen atoms in total. The van der Waals surface area contributed by atoms with E-state index < -0.39 is 4.92 Å². The Bertz CT molecular complexity index is 533. The normalized spacial score (nSPS) is 22.1. The van der Waals surface area contributed by atoms with Gasteiger partial charge in [-0.15, -0.1) is 0 Å². The number of anilines is 1. The summed E-state index contributed by atoms with van der Waals surface area (Å²) in [5.74, 6) is 0. The van der Waals surface area contributed by atoms with Crippen molar-refractivity contribution in [2.24, 2.45) is 0 Å². The van der Waals surface area contributed by atoms with Gasteiger partial charge in [-0.1, -0.05) is 6.07 Å². The Hall–Kier alpha value is -1.70. The molecule has 1 aromatic carbocycles. The molecule has 7 heteroatoms. The van der Waals surface area contributed by atoms with E-state index in [4.69, 9.17) is 10.5 Å². The number of nitrogens with two attached hydrogens (primary N) is 1. The highest BCUT2D eigenvalue weighted by atomic mass is 16.6. The van der Waals surface area contributed by atoms with Crippen molar-refractivity contribution >= 4 is 11.4 Å². The van der Waals surface area contributed by atoms with Gasteiger partial charge in [0.05, 0.1) is 23.2 Å². The monoisotopic (exact) mass is 295 g/mol. The minimum Gasteiger partial charge on any atom is -0.394 e. The van der Waals surface area contributed by atoms with E-state index in [1.54, 1.807) is 12.1 Å². The number of nitrogen functional groups attached to an aromatic ring is 1. The van der Waals surface area contributed by atoms with Gasteiger partial charge >= 0.3 is 0 Å². The highest BCUT2D eigenvalue weighted by molar-refractivity contribution is 5.59. The van der Waals surface area contributed by atoms with Crippen LogP contribution in [0.3, 0.4) is 0 Å². The lowest BCUT2D eigenvalue weighted by Crippen LogP contribution is -2.53. The molecule has 1 aliphatic rings. The second-order valence-electron chi connectivity index (χ2n) is 6.00. The zero-order valence-electron chi connectivity index (χ0n) is 12.3. The van der Waals surface area contributed by atoms with Gasteiger partial charge in [0.25, 0.3) is 5.69 Å². The molecule has 0 aliphatic carbocycles. The van der Waals surface area contributed by atoms with E-state index in [2.05, 4.69) is 4.90 Å². The molecule has 0 amide bonds. The summed E-state index contributed by atoms with van der Waals surface area (Å²) in [5, 5.41) is 20.1. The lowest BCUT2D eigenvalue weighted by molar-refractivity contribution is -0.383. The lowest BCUT2D eigenvalue weighted by Gasteiger charge is -2.42. The van der Waals surface area contributed by atoms with Gasteiger partial charge in [-0.2, -0.15) is 0 Å². The van der Waals surface area contributed by atoms with Gasteiger partial charge in [0.1, 0.15) is 5.69 Å². The highest BCUT2D eigenvalue weighted by Gasteiger charge is 2.33. The second-order valence-corrected chi connectivity index (χ2v) is 6.00. The minimum atomic E-state index is -0.487. The zero-order valence-corrected chi connectivity index (χ0v) is 12.3. The molecule has 0 bridgehead atoms. The third kappa shape index (κ3) is 3.90. The average molecular weight is 295 g/mol. The summed E-state index contributed by atoms with van der Waals surface area (Å²) < 4.78 is 5.76. The Labute approximate surface area is 123 Å². The predicted molar refractivity (Wildman–Crippen MR) is 78.8 cm³/mol. The number of aliphatic hydroxyl groups is 1. The molecule has 0 saturated carbocycles. The van der Waals surface area contributed by atoms with E-state index in [-0.39, 0.29) is 29.7 Å². The van der Waals surface area contributed by atoms with Crippen LogP contribution in [0.2, 0.25) is 0 Å². The second kappa shape index (κ2) is 5.97. The van der Waals surface area contributed by atoms with Gasteiger partial charge < -0.3 is 15.6 Å². The maximum atomic E-state index is 10.8. The van der Waals surface area contributed by atoms with Crippen molar-refractivity contribution in [1.82, 2.24) is 4.90 Å². The number of ether oxygens (including phenoxy) is 1. The summed E-state index contributed by atoms with van der Waals surface area (Å²) in [6, 6.07) is 4.78. The molecule has 3 N–H and O–H groups in total. The van der Waals surface area contributed by atoms with Gasteiger partial charge in [-0.05, 0) is 25.5 Å². The van der Waals surface area contributed by atoms with Crippen LogP contribution < -0.4 is 5.73 Å². The first-order chi connectivity index (χ1) is 9.80. The number of rotatable bonds is 4. The van der Waals surface area contributed by atoms with Crippen LogP contribution in [0, 0.1) is 10.1 Å². The Morgan fingerprint density at radius 3 is 2.86 bits per heavy atom. The summed E-state index contributed by atoms with van der Waals surface area (Å²) in [6.07, 6.45) is -0.218. The fourth-order valence-electron chi connectivity index (χ4n) is 2.76. The SMILES string of the molecule is CC1(C)CN(Cc2ccc([N+](=O)[O-])c(N)c2)CC(CO)O1. The molecule has 1 fully saturated rings. The van der Waals surface area contributed by atoms with E-state index in [0.29, 0.717) is 13.1 Å². The molecular formula is C14H21N3O4. The molecule has 0 spiro atoms. The number of benzene rings is 1. The largest absolute Gasteiger partial charge is 0.394 e. The molecule has 2 rings (SSSR count). The smallest absolute Gasteiger partial charge is 0.292 e. The van der Waals surface area contributed by atoms with Crippen LogP contribution in [0.5, 0.6) is 0 Å². The van der Waals surface area contributed by atoms with E-state index in [9.17, 15) is 15.2 Å². The van der Waals surface area contributed by atoms with Crippen molar-refractivity contribution in [2.45, 2.75) is 32.1 Å². The Kier molecular flexibility index (Phi) is 4.46. The Balaban J connectivity index is 2.10. The number of hydrogen-bond donors (Lipinski definition) is 2. The molecule has 0 radical (unpaired) electrons. The highest BCUT2D eigenvalue weighted by Crippen LogP contribution is 2.25. The molecule has 21 heavy (non-hydrogen) atoms. The Morgan fingerprint density at radius 2 is 2.29 bits per heavy atom. The standard InChI is InChI=1S/C14H21N3O4/c1-14(2)9-16(7-11(8-18)21-14)6-10-3-4-13(17(19)20)12(15)5-10/h3-5,11,18H,6-9,15H2,1-2H3. The maximum absolute atomic E-state index is 10.8. The molecule has 1 unspecified atom stereocenters. The maximum Gasteiger partial charge on any atom is 0.292 e. The van der Waals surface area contributed by atoms with Gasteiger partial charge in [0.2, 0.25) is 0 Å². The number of morpholine rings is 1. The van der Waals surface area contributed by atoms with Crippen molar-refractivity contribution in [3.63, 3.8) is 0 Å². The predicted octanol–water partition coefficient (Wildman–Crippen LogP) is 1.15. The molecule has 116 valence electrons. The molecule has 1 aliphatic heterocycles. The summed E-state index contributed by atoms with van der Waals surface area (Å²) in [7, 11) is 0. The third-order valence-corrected chi connectivity index (χ3v) is 3.45. The first-order valence-corrected chi connectivity index (χ1v) is 6.84. The van der Waals surface area contributed by atoms with E-state index in [0.717, 1.165) is 12.1 Å². The van der Waals surface area contributed by atoms with E-state index >= 15 is 0 Å². The van der Waals surface area contributed by atoms with Crippen LogP contribution in [-0.4, -0.2) is 46.3 Å². The van der Waals surface area contributed by atoms with Gasteiger partial charge in [0.15, 0.2) is 0 Å². The molecular weight excluding hydrogens is 274 g/mol. The number of aliphatic hydroxyl groups excluding tert-OH is 1. The summed E-state index contributed by atoms with van der Waals surface area (Å²) in [4.78, 5) is 12.4. The van der Waals surface area contributed by atoms with Crippen molar-refractivity contribution < 1.29 is 14.8 Å². The minimum absolute atomic E-state index is 0.0255. The summed E-state index contributed by atoms with van der Waals surface area (Å²) >= 11 is 0. The average Bonchev–Trinajstić information content (AvgIpc) is 2.36. The molecule has 1 atom stereocenters. The molecule has 1 aromatic rings. The van der Waals surface area contributed by atoms with Crippen molar-refractivity contribution in [2.75, 3.05) is 25.4 Å². The summed E-state index contributed by atoms with van der Waals surface area (Å²) in [6.45, 7) is 5.89. The number of nitrogens with zero attached hydrogens (tertiary/aromatic N) is 2. The topological polar surface area (TPSA) is 102 Å². The number of hydrogen-bond acceptors (Lipinski definition) is 6. The van der Waals surface area contributed by atoms with Crippen molar-refractivity contribution in [3.05, 3.63) is 33.9 Å². The van der Waals surface area contributed by atoms with Crippen molar-refractivity contribution in [1.29, 1.82) is 0 Å². The molecule has 1 heterocycles. The van der Waals surface area contributed by atoms with Crippen molar-refractivity contribution in [3.8, 4) is 0 Å².